The van der Waals surface area contributed by atoms with Gasteiger partial charge in [-0.25, -0.2) is 0 Å². The minimum Gasteiger partial charge on any atom is -0.469 e. The highest BCUT2D eigenvalue weighted by molar-refractivity contribution is 7.11. The Kier molecular flexibility index (Phi) is 6.42. The van der Waals surface area contributed by atoms with Crippen LogP contribution in [0.25, 0.3) is 5.57 Å². The third-order valence-electron chi connectivity index (χ3n) is 4.72. The van der Waals surface area contributed by atoms with Crippen molar-refractivity contribution in [2.75, 3.05) is 26.7 Å². The zero-order valence-corrected chi connectivity index (χ0v) is 15.5. The molecule has 4 heteroatoms. The van der Waals surface area contributed by atoms with Crippen molar-refractivity contribution < 1.29 is 9.53 Å². The van der Waals surface area contributed by atoms with E-state index < -0.39 is 0 Å². The molecule has 2 aromatic rings. The van der Waals surface area contributed by atoms with E-state index in [1.54, 1.807) is 11.3 Å². The highest BCUT2D eigenvalue weighted by Gasteiger charge is 2.24. The molecule has 0 N–H and O–H groups in total. The molecule has 1 saturated heterocycles. The maximum Gasteiger partial charge on any atom is 0.305 e. The van der Waals surface area contributed by atoms with Crippen molar-refractivity contribution in [2.45, 2.75) is 19.3 Å². The van der Waals surface area contributed by atoms with Crippen LogP contribution >= 0.6 is 11.3 Å². The lowest BCUT2D eigenvalue weighted by molar-refractivity contribution is -0.141. The monoisotopic (exact) mass is 355 g/mol. The van der Waals surface area contributed by atoms with E-state index >= 15 is 0 Å². The third-order valence-corrected chi connectivity index (χ3v) is 5.62. The SMILES string of the molecule is COC(=O)CC1CCN(CC/C=C(\c2ccccc2)c2cccs2)C1. The summed E-state index contributed by atoms with van der Waals surface area (Å²) in [5, 5.41) is 2.13. The van der Waals surface area contributed by atoms with Gasteiger partial charge in [0.2, 0.25) is 0 Å². The molecule has 3 rings (SSSR count). The number of ether oxygens (including phenoxy) is 1. The summed E-state index contributed by atoms with van der Waals surface area (Å²) < 4.78 is 4.78. The Morgan fingerprint density at radius 2 is 2.12 bits per heavy atom. The maximum atomic E-state index is 11.4. The van der Waals surface area contributed by atoms with E-state index in [4.69, 9.17) is 4.74 Å². The minimum absolute atomic E-state index is 0.0872. The van der Waals surface area contributed by atoms with Crippen molar-refractivity contribution in [1.29, 1.82) is 0 Å². The van der Waals surface area contributed by atoms with Crippen LogP contribution in [-0.4, -0.2) is 37.6 Å². The molecule has 3 nitrogen and oxygen atoms in total. The van der Waals surface area contributed by atoms with Crippen molar-refractivity contribution >= 4 is 22.9 Å². The summed E-state index contributed by atoms with van der Waals surface area (Å²) in [6.07, 6.45) is 5.02. The molecule has 25 heavy (non-hydrogen) atoms. The third kappa shape index (κ3) is 5.03. The molecule has 132 valence electrons. The molecule has 0 saturated carbocycles. The van der Waals surface area contributed by atoms with Crippen molar-refractivity contribution in [3.8, 4) is 0 Å². The van der Waals surface area contributed by atoms with Crippen LogP contribution in [0.1, 0.15) is 29.7 Å². The molecule has 1 fully saturated rings. The van der Waals surface area contributed by atoms with Crippen LogP contribution in [0.3, 0.4) is 0 Å². The molecule has 1 atom stereocenters. The van der Waals surface area contributed by atoms with Crippen LogP contribution in [0.15, 0.2) is 53.9 Å². The topological polar surface area (TPSA) is 29.5 Å². The van der Waals surface area contributed by atoms with Gasteiger partial charge in [-0.15, -0.1) is 11.3 Å². The minimum atomic E-state index is -0.0872. The Morgan fingerprint density at radius 1 is 1.28 bits per heavy atom. The Morgan fingerprint density at radius 3 is 2.84 bits per heavy atom. The van der Waals surface area contributed by atoms with Gasteiger partial charge in [0.05, 0.1) is 7.11 Å². The number of likely N-dealkylation sites (tertiary alicyclic amines) is 1. The first-order valence-corrected chi connectivity index (χ1v) is 9.73. The van der Waals surface area contributed by atoms with Gasteiger partial charge >= 0.3 is 5.97 Å². The zero-order valence-electron chi connectivity index (χ0n) is 14.7. The highest BCUT2D eigenvalue weighted by atomic mass is 32.1. The van der Waals surface area contributed by atoms with Crippen LogP contribution < -0.4 is 0 Å². The van der Waals surface area contributed by atoms with E-state index in [0.717, 1.165) is 32.5 Å². The molecule has 1 aliphatic heterocycles. The van der Waals surface area contributed by atoms with Gasteiger partial charge < -0.3 is 9.64 Å². The fourth-order valence-corrected chi connectivity index (χ4v) is 4.19. The average Bonchev–Trinajstić information content (AvgIpc) is 3.31. The molecule has 2 heterocycles. The van der Waals surface area contributed by atoms with Gasteiger partial charge in [-0.2, -0.15) is 0 Å². The predicted octanol–water partition coefficient (Wildman–Crippen LogP) is 4.45. The number of methoxy groups -OCH3 is 1. The van der Waals surface area contributed by atoms with Crippen molar-refractivity contribution in [3.63, 3.8) is 0 Å². The summed E-state index contributed by atoms with van der Waals surface area (Å²) in [5.41, 5.74) is 2.59. The Balaban J connectivity index is 1.59. The van der Waals surface area contributed by atoms with E-state index in [1.165, 1.54) is 23.1 Å². The standard InChI is InChI=1S/C21H25NO2S/c1-24-21(23)15-17-11-13-22(16-17)12-5-9-19(20-10-6-14-25-20)18-7-3-2-4-8-18/h2-4,6-10,14,17H,5,11-13,15-16H2,1H3/b19-9+. The fourth-order valence-electron chi connectivity index (χ4n) is 3.40. The molecule has 0 aliphatic carbocycles. The van der Waals surface area contributed by atoms with E-state index in [1.807, 2.05) is 0 Å². The van der Waals surface area contributed by atoms with Gasteiger partial charge in [-0.1, -0.05) is 42.5 Å². The molecule has 1 aromatic carbocycles. The number of hydrogen-bond donors (Lipinski definition) is 0. The van der Waals surface area contributed by atoms with Crippen LogP contribution in [0, 0.1) is 5.92 Å². The number of rotatable bonds is 7. The van der Waals surface area contributed by atoms with Gasteiger partial charge in [-0.05, 0) is 47.9 Å². The second-order valence-corrected chi connectivity index (χ2v) is 7.43. The van der Waals surface area contributed by atoms with Crippen LogP contribution in [0.5, 0.6) is 0 Å². The van der Waals surface area contributed by atoms with Crippen LogP contribution in [-0.2, 0) is 9.53 Å². The zero-order chi connectivity index (χ0) is 17.5. The number of carbonyl (C=O) groups is 1. The van der Waals surface area contributed by atoms with Gasteiger partial charge in [0.15, 0.2) is 0 Å². The molecule has 1 aromatic heterocycles. The molecule has 0 amide bonds. The van der Waals surface area contributed by atoms with Crippen LogP contribution in [0.4, 0.5) is 0 Å². The maximum absolute atomic E-state index is 11.4. The lowest BCUT2D eigenvalue weighted by atomic mass is 10.0. The lowest BCUT2D eigenvalue weighted by Crippen LogP contribution is -2.22. The summed E-state index contributed by atoms with van der Waals surface area (Å²) in [4.78, 5) is 15.2. The summed E-state index contributed by atoms with van der Waals surface area (Å²) in [5.74, 6) is 0.359. The first-order chi connectivity index (χ1) is 12.3. The summed E-state index contributed by atoms with van der Waals surface area (Å²) in [6.45, 7) is 3.12. The second kappa shape index (κ2) is 8.97. The van der Waals surface area contributed by atoms with Gasteiger partial charge in [0.1, 0.15) is 0 Å². The van der Waals surface area contributed by atoms with Gasteiger partial charge in [-0.3, -0.25) is 4.79 Å². The second-order valence-electron chi connectivity index (χ2n) is 6.49. The number of hydrogen-bond acceptors (Lipinski definition) is 4. The lowest BCUT2D eigenvalue weighted by Gasteiger charge is -2.15. The summed E-state index contributed by atoms with van der Waals surface area (Å²) in [6, 6.07) is 14.9. The summed E-state index contributed by atoms with van der Waals surface area (Å²) in [7, 11) is 1.47. The average molecular weight is 356 g/mol. The smallest absolute Gasteiger partial charge is 0.305 e. The number of esters is 1. The van der Waals surface area contributed by atoms with Gasteiger partial charge in [0.25, 0.3) is 0 Å². The number of thiophene rings is 1. The Labute approximate surface area is 153 Å². The molecule has 0 radical (unpaired) electrons. The largest absolute Gasteiger partial charge is 0.469 e. The van der Waals surface area contributed by atoms with Crippen molar-refractivity contribution in [2.24, 2.45) is 5.92 Å². The van der Waals surface area contributed by atoms with Gasteiger partial charge in [0, 0.05) is 24.4 Å². The van der Waals surface area contributed by atoms with Crippen molar-refractivity contribution in [1.82, 2.24) is 4.90 Å². The molecule has 1 aliphatic rings. The fraction of sp³-hybridized carbons (Fsp3) is 0.381. The molecular weight excluding hydrogens is 330 g/mol. The Bertz CT molecular complexity index is 694. The normalized spacial score (nSPS) is 18.4. The van der Waals surface area contributed by atoms with Crippen molar-refractivity contribution in [3.05, 3.63) is 64.4 Å². The molecular formula is C21H25NO2S. The molecule has 0 spiro atoms. The first kappa shape index (κ1) is 17.9. The quantitative estimate of drug-likeness (QED) is 0.687. The summed E-state index contributed by atoms with van der Waals surface area (Å²) >= 11 is 1.78. The highest BCUT2D eigenvalue weighted by Crippen LogP contribution is 2.28. The molecule has 1 unspecified atom stereocenters. The Hall–Kier alpha value is -1.91. The number of carbonyl (C=O) groups excluding carboxylic acids is 1. The van der Waals surface area contributed by atoms with E-state index in [0.29, 0.717) is 12.3 Å². The van der Waals surface area contributed by atoms with E-state index in [9.17, 15) is 4.79 Å². The molecule has 0 bridgehead atoms. The number of nitrogens with zero attached hydrogens (tertiary/aromatic N) is 1. The predicted molar refractivity (Wildman–Crippen MR) is 104 cm³/mol. The first-order valence-electron chi connectivity index (χ1n) is 8.85. The van der Waals surface area contributed by atoms with E-state index in [-0.39, 0.29) is 5.97 Å². The number of benzene rings is 1. The van der Waals surface area contributed by atoms with E-state index in [2.05, 4.69) is 58.8 Å². The van der Waals surface area contributed by atoms with Crippen LogP contribution in [0.2, 0.25) is 0 Å².